The van der Waals surface area contributed by atoms with E-state index in [1.54, 1.807) is 0 Å². The summed E-state index contributed by atoms with van der Waals surface area (Å²) in [5, 5.41) is 2.30. The Labute approximate surface area is 128 Å². The highest BCUT2D eigenvalue weighted by Crippen LogP contribution is 2.00. The van der Waals surface area contributed by atoms with Crippen molar-refractivity contribution in [3.8, 4) is 0 Å². The van der Waals surface area contributed by atoms with Gasteiger partial charge in [0.1, 0.15) is 25.1 Å². The molecule has 0 rings (SSSR count). The van der Waals surface area contributed by atoms with E-state index in [1.807, 2.05) is 0 Å². The maximum Gasteiger partial charge on any atom is 0.329 e. The van der Waals surface area contributed by atoms with Gasteiger partial charge >= 0.3 is 11.9 Å². The number of amides is 1. The molecule has 0 aromatic carbocycles. The minimum absolute atomic E-state index is 0.0152. The third kappa shape index (κ3) is 10.1. The highest BCUT2D eigenvalue weighted by molar-refractivity contribution is 6.27. The summed E-state index contributed by atoms with van der Waals surface area (Å²) in [5.74, 6) is -2.33. The van der Waals surface area contributed by atoms with Gasteiger partial charge in [0.05, 0.1) is 19.6 Å². The minimum Gasteiger partial charge on any atom is -0.463 e. The summed E-state index contributed by atoms with van der Waals surface area (Å²) in [6.45, 7) is 0.522. The van der Waals surface area contributed by atoms with Crippen LogP contribution in [-0.4, -0.2) is 70.4 Å². The maximum atomic E-state index is 11.8. The van der Waals surface area contributed by atoms with Gasteiger partial charge in [0, 0.05) is 14.2 Å². The quantitative estimate of drug-likeness (QED) is 0.310. The fourth-order valence-corrected chi connectivity index (χ4v) is 1.29. The molecule has 0 unspecified atom stereocenters. The van der Waals surface area contributed by atoms with E-state index in [0.717, 1.165) is 0 Å². The first kappa shape index (κ1) is 19.6. The molecule has 0 aromatic rings. The molecule has 0 bridgehead atoms. The van der Waals surface area contributed by atoms with E-state index in [-0.39, 0.29) is 38.7 Å². The van der Waals surface area contributed by atoms with Crippen LogP contribution in [0.15, 0.2) is 0 Å². The van der Waals surface area contributed by atoms with E-state index in [1.165, 1.54) is 14.2 Å². The molecular weight excluding hydrogens is 306 g/mol. The lowest BCUT2D eigenvalue weighted by Gasteiger charge is -2.16. The van der Waals surface area contributed by atoms with E-state index in [0.29, 0.717) is 0 Å². The zero-order valence-electron chi connectivity index (χ0n) is 12.1. The summed E-state index contributed by atoms with van der Waals surface area (Å²) in [4.78, 5) is 34.6. The standard InChI is InChI=1S/C12H20ClNO7/c1-18-3-5-20-11(16)7-9(14-10(15)8-13)12(17)21-6-4-19-2/h9H,3-8H2,1-2H3,(H,14,15)/t9-/m0/s1. The van der Waals surface area contributed by atoms with E-state index in [9.17, 15) is 14.4 Å². The molecule has 0 spiro atoms. The average molecular weight is 326 g/mol. The van der Waals surface area contributed by atoms with Crippen LogP contribution in [-0.2, 0) is 33.3 Å². The molecule has 21 heavy (non-hydrogen) atoms. The molecule has 0 aliphatic carbocycles. The first-order valence-electron chi connectivity index (χ1n) is 6.20. The van der Waals surface area contributed by atoms with Crippen molar-refractivity contribution in [2.75, 3.05) is 46.5 Å². The Morgan fingerprint density at radius 2 is 1.57 bits per heavy atom. The van der Waals surface area contributed by atoms with Crippen molar-refractivity contribution in [2.24, 2.45) is 0 Å². The predicted molar refractivity (Wildman–Crippen MR) is 72.9 cm³/mol. The predicted octanol–water partition coefficient (Wildman–Crippen LogP) is -0.521. The number of hydrogen-bond acceptors (Lipinski definition) is 7. The smallest absolute Gasteiger partial charge is 0.329 e. The summed E-state index contributed by atoms with van der Waals surface area (Å²) < 4.78 is 19.1. The summed E-state index contributed by atoms with van der Waals surface area (Å²) in [6, 6.07) is -1.15. The lowest BCUT2D eigenvalue weighted by atomic mass is 10.2. The van der Waals surface area contributed by atoms with Gasteiger partial charge in [-0.1, -0.05) is 0 Å². The monoisotopic (exact) mass is 325 g/mol. The van der Waals surface area contributed by atoms with Crippen LogP contribution < -0.4 is 5.32 Å². The van der Waals surface area contributed by atoms with Gasteiger partial charge in [0.2, 0.25) is 5.91 Å². The molecule has 1 N–H and O–H groups in total. The molecule has 0 fully saturated rings. The number of halogens is 1. The number of alkyl halides is 1. The molecule has 0 saturated heterocycles. The van der Waals surface area contributed by atoms with Gasteiger partial charge in [-0.2, -0.15) is 0 Å². The van der Waals surface area contributed by atoms with E-state index >= 15 is 0 Å². The normalized spacial score (nSPS) is 11.6. The number of rotatable bonds is 11. The van der Waals surface area contributed by atoms with Crippen molar-refractivity contribution in [3.05, 3.63) is 0 Å². The first-order valence-corrected chi connectivity index (χ1v) is 6.74. The average Bonchev–Trinajstić information content (AvgIpc) is 2.46. The Morgan fingerprint density at radius 3 is 2.10 bits per heavy atom. The third-order valence-electron chi connectivity index (χ3n) is 2.19. The lowest BCUT2D eigenvalue weighted by Crippen LogP contribution is -2.44. The number of carbonyl (C=O) groups is 3. The van der Waals surface area contributed by atoms with E-state index in [2.05, 4.69) is 5.32 Å². The Balaban J connectivity index is 4.39. The van der Waals surface area contributed by atoms with Crippen molar-refractivity contribution in [3.63, 3.8) is 0 Å². The summed E-state index contributed by atoms with van der Waals surface area (Å²) in [7, 11) is 2.91. The van der Waals surface area contributed by atoms with Gasteiger partial charge in [0.15, 0.2) is 0 Å². The highest BCUT2D eigenvalue weighted by atomic mass is 35.5. The Morgan fingerprint density at radius 1 is 1.00 bits per heavy atom. The second kappa shape index (κ2) is 12.4. The molecule has 122 valence electrons. The van der Waals surface area contributed by atoms with Crippen molar-refractivity contribution in [1.82, 2.24) is 5.32 Å². The second-order valence-corrected chi connectivity index (χ2v) is 4.10. The Bertz CT molecular complexity index is 338. The molecular formula is C12H20ClNO7. The Kier molecular flexibility index (Phi) is 11.6. The molecule has 0 radical (unpaired) electrons. The number of methoxy groups -OCH3 is 2. The molecule has 0 aliphatic heterocycles. The van der Waals surface area contributed by atoms with Crippen molar-refractivity contribution >= 4 is 29.4 Å². The number of nitrogens with one attached hydrogen (secondary N) is 1. The molecule has 0 aromatic heterocycles. The molecule has 0 saturated carbocycles. The van der Waals surface area contributed by atoms with Gasteiger partial charge in [-0.25, -0.2) is 4.79 Å². The van der Waals surface area contributed by atoms with Gasteiger partial charge in [-0.3, -0.25) is 9.59 Å². The van der Waals surface area contributed by atoms with Gasteiger partial charge in [0.25, 0.3) is 0 Å². The van der Waals surface area contributed by atoms with Crippen LogP contribution in [0.3, 0.4) is 0 Å². The fraction of sp³-hybridized carbons (Fsp3) is 0.750. The minimum atomic E-state index is -1.15. The van der Waals surface area contributed by atoms with Crippen LogP contribution in [0.2, 0.25) is 0 Å². The van der Waals surface area contributed by atoms with Crippen LogP contribution in [0.4, 0.5) is 0 Å². The van der Waals surface area contributed by atoms with Crippen LogP contribution in [0.1, 0.15) is 6.42 Å². The summed E-state index contributed by atoms with van der Waals surface area (Å²) in [5.41, 5.74) is 0. The molecule has 0 aliphatic rings. The second-order valence-electron chi connectivity index (χ2n) is 3.83. The molecule has 0 heterocycles. The highest BCUT2D eigenvalue weighted by Gasteiger charge is 2.25. The van der Waals surface area contributed by atoms with Gasteiger partial charge in [-0.05, 0) is 0 Å². The van der Waals surface area contributed by atoms with Crippen LogP contribution >= 0.6 is 11.6 Å². The molecule has 9 heteroatoms. The van der Waals surface area contributed by atoms with Crippen molar-refractivity contribution < 1.29 is 33.3 Å². The number of ether oxygens (including phenoxy) is 4. The largest absolute Gasteiger partial charge is 0.463 e. The van der Waals surface area contributed by atoms with Crippen LogP contribution in [0.5, 0.6) is 0 Å². The van der Waals surface area contributed by atoms with Crippen molar-refractivity contribution in [2.45, 2.75) is 12.5 Å². The number of carbonyl (C=O) groups excluding carboxylic acids is 3. The Hall–Kier alpha value is -1.38. The zero-order valence-corrected chi connectivity index (χ0v) is 12.8. The zero-order chi connectivity index (χ0) is 16.1. The van der Waals surface area contributed by atoms with Crippen molar-refractivity contribution in [1.29, 1.82) is 0 Å². The fourth-order valence-electron chi connectivity index (χ4n) is 1.22. The molecule has 1 atom stereocenters. The molecule has 1 amide bonds. The first-order chi connectivity index (χ1) is 10.0. The number of hydrogen-bond donors (Lipinski definition) is 1. The topological polar surface area (TPSA) is 100 Å². The SMILES string of the molecule is COCCOC(=O)C[C@H](NC(=O)CCl)C(=O)OCCOC. The lowest BCUT2D eigenvalue weighted by molar-refractivity contribution is -0.154. The molecule has 8 nitrogen and oxygen atoms in total. The van der Waals surface area contributed by atoms with Gasteiger partial charge in [-0.15, -0.1) is 11.6 Å². The maximum absolute atomic E-state index is 11.8. The van der Waals surface area contributed by atoms with E-state index < -0.39 is 23.9 Å². The third-order valence-corrected chi connectivity index (χ3v) is 2.44. The summed E-state index contributed by atoms with van der Waals surface area (Å²) >= 11 is 5.35. The van der Waals surface area contributed by atoms with Crippen LogP contribution in [0.25, 0.3) is 0 Å². The number of esters is 2. The van der Waals surface area contributed by atoms with Gasteiger partial charge < -0.3 is 24.3 Å². The summed E-state index contributed by atoms with van der Waals surface area (Å²) in [6.07, 6.45) is -0.349. The van der Waals surface area contributed by atoms with Crippen LogP contribution in [0, 0.1) is 0 Å². The van der Waals surface area contributed by atoms with E-state index in [4.69, 9.17) is 30.5 Å².